The molecule has 74 valence electrons. The van der Waals surface area contributed by atoms with Crippen LogP contribution in [-0.4, -0.2) is 20.1 Å². The molecule has 0 saturated carbocycles. The van der Waals surface area contributed by atoms with Gasteiger partial charge in [0.25, 0.3) is 0 Å². The van der Waals surface area contributed by atoms with E-state index in [1.165, 1.54) is 6.07 Å². The molecule has 13 heavy (non-hydrogen) atoms. The van der Waals surface area contributed by atoms with Crippen molar-refractivity contribution >= 4 is 37.3 Å². The molecular weight excluding hydrogens is 278 g/mol. The van der Waals surface area contributed by atoms with Crippen molar-refractivity contribution in [3.63, 3.8) is 0 Å². The lowest BCUT2D eigenvalue weighted by molar-refractivity contribution is 0.299. The van der Waals surface area contributed by atoms with E-state index in [-0.39, 0.29) is 10.8 Å². The van der Waals surface area contributed by atoms with Crippen LogP contribution in [0.3, 0.4) is 0 Å². The average Bonchev–Trinajstić information content (AvgIpc) is 2.32. The van der Waals surface area contributed by atoms with Crippen LogP contribution in [-0.2, 0) is 16.4 Å². The Kier molecular flexibility index (Phi) is 3.47. The summed E-state index contributed by atoms with van der Waals surface area (Å²) >= 11 is 4.25. The van der Waals surface area contributed by atoms with Crippen LogP contribution < -0.4 is 5.14 Å². The molecule has 0 aliphatic carbocycles. The van der Waals surface area contributed by atoms with E-state index < -0.39 is 10.0 Å². The van der Waals surface area contributed by atoms with Crippen LogP contribution in [0.25, 0.3) is 0 Å². The third kappa shape index (κ3) is 2.75. The second kappa shape index (κ2) is 4.05. The summed E-state index contributed by atoms with van der Waals surface area (Å²) in [5.41, 5.74) is 0.761. The number of rotatable bonds is 3. The van der Waals surface area contributed by atoms with Crippen molar-refractivity contribution in [3.8, 4) is 0 Å². The first-order valence-corrected chi connectivity index (χ1v) is 6.52. The summed E-state index contributed by atoms with van der Waals surface area (Å²) < 4.78 is 22.6. The van der Waals surface area contributed by atoms with Crippen molar-refractivity contribution in [3.05, 3.63) is 15.4 Å². The van der Waals surface area contributed by atoms with E-state index in [9.17, 15) is 8.42 Å². The summed E-state index contributed by atoms with van der Waals surface area (Å²) in [6, 6.07) is 1.47. The quantitative estimate of drug-likeness (QED) is 0.858. The molecule has 0 aromatic carbocycles. The molecule has 0 aliphatic rings. The van der Waals surface area contributed by atoms with Crippen molar-refractivity contribution in [1.29, 1.82) is 0 Å². The highest BCUT2D eigenvalue weighted by atomic mass is 79.9. The average molecular weight is 286 g/mol. The summed E-state index contributed by atoms with van der Waals surface area (Å²) in [5, 5.41) is 13.6. The summed E-state index contributed by atoms with van der Waals surface area (Å²) in [4.78, 5) is 0. The molecule has 0 aliphatic heterocycles. The number of hydrogen-bond acceptors (Lipinski definition) is 4. The smallest absolute Gasteiger partial charge is 0.247 e. The van der Waals surface area contributed by atoms with E-state index in [1.54, 1.807) is 0 Å². The van der Waals surface area contributed by atoms with Crippen molar-refractivity contribution in [2.75, 3.05) is 6.61 Å². The lowest BCUT2D eigenvalue weighted by Gasteiger charge is -1.91. The standard InChI is InChI=1S/C6H8BrNO3S2/c7-6-4(1-2-9)3-5(12-6)13(8,10)11/h3,9H,1-2H2,(H2,8,10,11). The molecular formula is C6H8BrNO3S2. The molecule has 4 nitrogen and oxygen atoms in total. The van der Waals surface area contributed by atoms with E-state index in [1.807, 2.05) is 0 Å². The minimum atomic E-state index is -3.62. The maximum Gasteiger partial charge on any atom is 0.247 e. The fourth-order valence-electron chi connectivity index (χ4n) is 0.813. The Morgan fingerprint density at radius 2 is 2.23 bits per heavy atom. The van der Waals surface area contributed by atoms with Gasteiger partial charge in [-0.1, -0.05) is 0 Å². The minimum Gasteiger partial charge on any atom is -0.396 e. The van der Waals surface area contributed by atoms with Crippen LogP contribution >= 0.6 is 27.3 Å². The van der Waals surface area contributed by atoms with Gasteiger partial charge in [-0.05, 0) is 34.0 Å². The van der Waals surface area contributed by atoms with E-state index in [2.05, 4.69) is 15.9 Å². The predicted octanol–water partition coefficient (Wildman–Crippen LogP) is 0.693. The molecule has 3 N–H and O–H groups in total. The molecule has 1 aromatic heterocycles. The van der Waals surface area contributed by atoms with Crippen LogP contribution in [0, 0.1) is 0 Å². The summed E-state index contributed by atoms with van der Waals surface area (Å²) in [6.07, 6.45) is 0.423. The van der Waals surface area contributed by atoms with Gasteiger partial charge in [-0.3, -0.25) is 0 Å². The van der Waals surface area contributed by atoms with Crippen LogP contribution in [0.1, 0.15) is 5.56 Å². The van der Waals surface area contributed by atoms with Gasteiger partial charge >= 0.3 is 0 Å². The molecule has 0 radical (unpaired) electrons. The Morgan fingerprint density at radius 3 is 2.62 bits per heavy atom. The number of hydrogen-bond donors (Lipinski definition) is 2. The third-order valence-corrected chi connectivity index (χ3v) is 4.78. The van der Waals surface area contributed by atoms with E-state index in [0.717, 1.165) is 16.9 Å². The van der Waals surface area contributed by atoms with Gasteiger partial charge in [0, 0.05) is 6.61 Å². The Balaban J connectivity index is 3.09. The summed E-state index contributed by atoms with van der Waals surface area (Å²) in [7, 11) is -3.62. The number of halogens is 1. The van der Waals surface area contributed by atoms with Crippen LogP contribution in [0.15, 0.2) is 14.1 Å². The van der Waals surface area contributed by atoms with Gasteiger partial charge in [-0.25, -0.2) is 13.6 Å². The molecule has 0 spiro atoms. The van der Waals surface area contributed by atoms with Crippen LogP contribution in [0.2, 0.25) is 0 Å². The van der Waals surface area contributed by atoms with Gasteiger partial charge in [-0.15, -0.1) is 11.3 Å². The van der Waals surface area contributed by atoms with Crippen molar-refractivity contribution in [2.45, 2.75) is 10.6 Å². The zero-order valence-electron chi connectivity index (χ0n) is 6.53. The van der Waals surface area contributed by atoms with Crippen LogP contribution in [0.5, 0.6) is 0 Å². The fourth-order valence-corrected chi connectivity index (χ4v) is 3.66. The molecule has 0 amide bonds. The van der Waals surface area contributed by atoms with Gasteiger partial charge in [0.1, 0.15) is 4.21 Å². The molecule has 0 fully saturated rings. The molecule has 1 heterocycles. The molecule has 1 aromatic rings. The molecule has 0 bridgehead atoms. The van der Waals surface area contributed by atoms with Crippen molar-refractivity contribution in [2.24, 2.45) is 5.14 Å². The second-order valence-electron chi connectivity index (χ2n) is 2.38. The fraction of sp³-hybridized carbons (Fsp3) is 0.333. The number of primary sulfonamides is 1. The number of aliphatic hydroxyl groups excluding tert-OH is 1. The number of nitrogens with two attached hydrogens (primary N) is 1. The second-order valence-corrected chi connectivity index (χ2v) is 6.54. The third-order valence-electron chi connectivity index (χ3n) is 1.40. The first-order valence-electron chi connectivity index (χ1n) is 3.37. The molecule has 1 rings (SSSR count). The van der Waals surface area contributed by atoms with E-state index >= 15 is 0 Å². The number of sulfonamides is 1. The van der Waals surface area contributed by atoms with Gasteiger partial charge in [0.2, 0.25) is 10.0 Å². The number of aliphatic hydroxyl groups is 1. The zero-order valence-corrected chi connectivity index (χ0v) is 9.75. The maximum atomic E-state index is 10.9. The Labute approximate surface area is 88.6 Å². The first kappa shape index (κ1) is 11.1. The minimum absolute atomic E-state index is 0.0145. The van der Waals surface area contributed by atoms with Gasteiger partial charge in [0.05, 0.1) is 3.79 Å². The lowest BCUT2D eigenvalue weighted by Crippen LogP contribution is -2.10. The van der Waals surface area contributed by atoms with Crippen molar-refractivity contribution in [1.82, 2.24) is 0 Å². The molecule has 0 atom stereocenters. The van der Waals surface area contributed by atoms with Crippen molar-refractivity contribution < 1.29 is 13.5 Å². The largest absolute Gasteiger partial charge is 0.396 e. The molecule has 0 unspecified atom stereocenters. The Morgan fingerprint density at radius 1 is 1.62 bits per heavy atom. The first-order chi connectivity index (χ1) is 5.95. The number of thiophene rings is 1. The molecule has 0 saturated heterocycles. The zero-order chi connectivity index (χ0) is 10.1. The predicted molar refractivity (Wildman–Crippen MR) is 54.2 cm³/mol. The van der Waals surface area contributed by atoms with Gasteiger partial charge in [-0.2, -0.15) is 0 Å². The normalized spacial score (nSPS) is 11.9. The summed E-state index contributed by atoms with van der Waals surface area (Å²) in [6.45, 7) is -0.0145. The van der Waals surface area contributed by atoms with Crippen LogP contribution in [0.4, 0.5) is 0 Å². The summed E-state index contributed by atoms with van der Waals surface area (Å²) in [5.74, 6) is 0. The maximum absolute atomic E-state index is 10.9. The molecule has 7 heteroatoms. The Bertz CT molecular complexity index is 398. The van der Waals surface area contributed by atoms with E-state index in [0.29, 0.717) is 10.2 Å². The van der Waals surface area contributed by atoms with Gasteiger partial charge in [0.15, 0.2) is 0 Å². The monoisotopic (exact) mass is 285 g/mol. The Hall–Kier alpha value is 0.0500. The highest BCUT2D eigenvalue weighted by molar-refractivity contribution is 9.11. The highest BCUT2D eigenvalue weighted by Crippen LogP contribution is 2.30. The lowest BCUT2D eigenvalue weighted by atomic mass is 10.3. The van der Waals surface area contributed by atoms with Gasteiger partial charge < -0.3 is 5.11 Å². The highest BCUT2D eigenvalue weighted by Gasteiger charge is 2.14. The SMILES string of the molecule is NS(=O)(=O)c1cc(CCO)c(Br)s1. The van der Waals surface area contributed by atoms with E-state index in [4.69, 9.17) is 10.2 Å². The topological polar surface area (TPSA) is 80.4 Å².